The molecule has 4 nitrogen and oxygen atoms in total. The van der Waals surface area contributed by atoms with Gasteiger partial charge in [-0.1, -0.05) is 22.9 Å². The Kier molecular flexibility index (Phi) is 4.80. The quantitative estimate of drug-likeness (QED) is 0.791. The number of hydrogen-bond acceptors (Lipinski definition) is 4. The standard InChI is InChI=1S/C10H9BrClNO3S/c1-2-8(6-13)16-9-4-3-7(11)5-10(9)17(12,14)15/h3-5,8H,2H2,1H3. The van der Waals surface area contributed by atoms with Gasteiger partial charge in [0.1, 0.15) is 16.7 Å². The van der Waals surface area contributed by atoms with Crippen molar-refractivity contribution in [3.05, 3.63) is 22.7 Å². The molecule has 0 heterocycles. The molecule has 0 saturated carbocycles. The predicted octanol–water partition coefficient (Wildman–Crippen LogP) is 3.06. The van der Waals surface area contributed by atoms with Crippen molar-refractivity contribution in [3.8, 4) is 11.8 Å². The Morgan fingerprint density at radius 3 is 2.71 bits per heavy atom. The maximum atomic E-state index is 11.3. The smallest absolute Gasteiger partial charge is 0.265 e. The molecule has 17 heavy (non-hydrogen) atoms. The van der Waals surface area contributed by atoms with E-state index in [0.717, 1.165) is 0 Å². The average Bonchev–Trinajstić information content (AvgIpc) is 2.26. The molecule has 7 heteroatoms. The third-order valence-corrected chi connectivity index (χ3v) is 3.79. The van der Waals surface area contributed by atoms with Crippen LogP contribution in [0, 0.1) is 11.3 Å². The van der Waals surface area contributed by atoms with Gasteiger partial charge in [0.2, 0.25) is 0 Å². The molecule has 0 fully saturated rings. The van der Waals surface area contributed by atoms with E-state index in [1.807, 2.05) is 6.07 Å². The summed E-state index contributed by atoms with van der Waals surface area (Å²) in [6.07, 6.45) is -0.248. The highest BCUT2D eigenvalue weighted by atomic mass is 79.9. The van der Waals surface area contributed by atoms with Crippen LogP contribution in [0.15, 0.2) is 27.6 Å². The molecule has 0 N–H and O–H groups in total. The van der Waals surface area contributed by atoms with Gasteiger partial charge in [0.05, 0.1) is 0 Å². The largest absolute Gasteiger partial charge is 0.474 e. The molecular weight excluding hydrogens is 330 g/mol. The van der Waals surface area contributed by atoms with Crippen LogP contribution in [-0.4, -0.2) is 14.5 Å². The molecule has 0 aliphatic heterocycles. The number of halogens is 2. The molecule has 1 unspecified atom stereocenters. The van der Waals surface area contributed by atoms with Gasteiger partial charge in [-0.2, -0.15) is 5.26 Å². The third-order valence-electron chi connectivity index (χ3n) is 1.95. The van der Waals surface area contributed by atoms with Crippen molar-refractivity contribution in [2.24, 2.45) is 0 Å². The van der Waals surface area contributed by atoms with E-state index in [0.29, 0.717) is 10.9 Å². The van der Waals surface area contributed by atoms with E-state index in [-0.39, 0.29) is 10.6 Å². The molecule has 0 spiro atoms. The van der Waals surface area contributed by atoms with Crippen LogP contribution in [0.5, 0.6) is 5.75 Å². The van der Waals surface area contributed by atoms with E-state index in [9.17, 15) is 8.42 Å². The number of hydrogen-bond donors (Lipinski definition) is 0. The lowest BCUT2D eigenvalue weighted by molar-refractivity contribution is 0.245. The van der Waals surface area contributed by atoms with Crippen LogP contribution >= 0.6 is 26.6 Å². The highest BCUT2D eigenvalue weighted by Gasteiger charge is 2.19. The van der Waals surface area contributed by atoms with Crippen molar-refractivity contribution in [3.63, 3.8) is 0 Å². The second-order valence-electron chi connectivity index (χ2n) is 3.17. The number of nitriles is 1. The number of ether oxygens (including phenoxy) is 1. The summed E-state index contributed by atoms with van der Waals surface area (Å²) in [5.41, 5.74) is 0. The first-order valence-electron chi connectivity index (χ1n) is 4.69. The molecular formula is C10H9BrClNO3S. The maximum Gasteiger partial charge on any atom is 0.265 e. The van der Waals surface area contributed by atoms with Crippen molar-refractivity contribution in [2.75, 3.05) is 0 Å². The Labute approximate surface area is 113 Å². The van der Waals surface area contributed by atoms with Crippen molar-refractivity contribution in [1.29, 1.82) is 5.26 Å². The van der Waals surface area contributed by atoms with Crippen molar-refractivity contribution in [1.82, 2.24) is 0 Å². The third kappa shape index (κ3) is 3.87. The summed E-state index contributed by atoms with van der Waals surface area (Å²) >= 11 is 3.15. The van der Waals surface area contributed by atoms with E-state index in [1.54, 1.807) is 13.0 Å². The lowest BCUT2D eigenvalue weighted by atomic mass is 10.3. The first-order chi connectivity index (χ1) is 7.88. The van der Waals surface area contributed by atoms with Gasteiger partial charge in [0, 0.05) is 15.2 Å². The van der Waals surface area contributed by atoms with Gasteiger partial charge < -0.3 is 4.74 Å². The summed E-state index contributed by atoms with van der Waals surface area (Å²) in [4.78, 5) is -0.151. The normalized spacial score (nSPS) is 12.8. The van der Waals surface area contributed by atoms with E-state index in [1.165, 1.54) is 12.1 Å². The molecule has 0 bridgehead atoms. The predicted molar refractivity (Wildman–Crippen MR) is 67.5 cm³/mol. The summed E-state index contributed by atoms with van der Waals surface area (Å²) < 4.78 is 28.5. The molecule has 1 rings (SSSR count). The van der Waals surface area contributed by atoms with Crippen molar-refractivity contribution in [2.45, 2.75) is 24.3 Å². The summed E-state index contributed by atoms with van der Waals surface area (Å²) in [6.45, 7) is 1.77. The molecule has 1 aromatic rings. The van der Waals surface area contributed by atoms with E-state index < -0.39 is 15.2 Å². The number of benzene rings is 1. The lowest BCUT2D eigenvalue weighted by Crippen LogP contribution is -2.13. The van der Waals surface area contributed by atoms with E-state index in [4.69, 9.17) is 20.7 Å². The lowest BCUT2D eigenvalue weighted by Gasteiger charge is -2.13. The number of nitrogens with zero attached hydrogens (tertiary/aromatic N) is 1. The zero-order valence-electron chi connectivity index (χ0n) is 8.85. The maximum absolute atomic E-state index is 11.3. The molecule has 0 amide bonds. The van der Waals surface area contributed by atoms with Gasteiger partial charge >= 0.3 is 0 Å². The van der Waals surface area contributed by atoms with Crippen LogP contribution in [0.4, 0.5) is 0 Å². The fourth-order valence-electron chi connectivity index (χ4n) is 1.12. The summed E-state index contributed by atoms with van der Waals surface area (Å²) in [6, 6.07) is 6.33. The summed E-state index contributed by atoms with van der Waals surface area (Å²) in [5, 5.41) is 8.77. The molecule has 1 atom stereocenters. The zero-order valence-corrected chi connectivity index (χ0v) is 12.0. The topological polar surface area (TPSA) is 67.2 Å². The molecule has 0 aromatic heterocycles. The molecule has 0 aliphatic rings. The van der Waals surface area contributed by atoms with Gasteiger partial charge in [-0.15, -0.1) is 0 Å². The molecule has 0 radical (unpaired) electrons. The Balaban J connectivity index is 3.21. The van der Waals surface area contributed by atoms with Crippen molar-refractivity contribution >= 4 is 35.7 Å². The zero-order chi connectivity index (χ0) is 13.1. The highest BCUT2D eigenvalue weighted by molar-refractivity contribution is 9.10. The second-order valence-corrected chi connectivity index (χ2v) is 6.62. The molecule has 92 valence electrons. The minimum Gasteiger partial charge on any atom is -0.474 e. The highest BCUT2D eigenvalue weighted by Crippen LogP contribution is 2.30. The fourth-order valence-corrected chi connectivity index (χ4v) is 2.62. The fraction of sp³-hybridized carbons (Fsp3) is 0.300. The average molecular weight is 339 g/mol. The van der Waals surface area contributed by atoms with Gasteiger partial charge in [0.25, 0.3) is 9.05 Å². The van der Waals surface area contributed by atoms with Gasteiger partial charge in [-0.3, -0.25) is 0 Å². The van der Waals surface area contributed by atoms with Crippen LogP contribution in [0.1, 0.15) is 13.3 Å². The monoisotopic (exact) mass is 337 g/mol. The Hall–Kier alpha value is -0.770. The van der Waals surface area contributed by atoms with Crippen molar-refractivity contribution < 1.29 is 13.2 Å². The minimum atomic E-state index is -3.91. The summed E-state index contributed by atoms with van der Waals surface area (Å²) in [5.74, 6) is 0.0802. The van der Waals surface area contributed by atoms with Crippen LogP contribution in [-0.2, 0) is 9.05 Å². The van der Waals surface area contributed by atoms with Crippen LogP contribution in [0.3, 0.4) is 0 Å². The van der Waals surface area contributed by atoms with Gasteiger partial charge in [-0.05, 0) is 24.6 Å². The first kappa shape index (κ1) is 14.3. The molecule has 1 aromatic carbocycles. The SMILES string of the molecule is CCC(C#N)Oc1ccc(Br)cc1S(=O)(=O)Cl. The summed E-state index contributed by atoms with van der Waals surface area (Å²) in [7, 11) is 1.38. The van der Waals surface area contributed by atoms with Crippen LogP contribution < -0.4 is 4.74 Å². The molecule has 0 aliphatic carbocycles. The minimum absolute atomic E-state index is 0.0802. The Morgan fingerprint density at radius 1 is 1.59 bits per heavy atom. The van der Waals surface area contributed by atoms with Crippen LogP contribution in [0.25, 0.3) is 0 Å². The Morgan fingerprint density at radius 2 is 2.24 bits per heavy atom. The van der Waals surface area contributed by atoms with E-state index >= 15 is 0 Å². The molecule has 0 saturated heterocycles. The Bertz CT molecular complexity index is 553. The van der Waals surface area contributed by atoms with Crippen LogP contribution in [0.2, 0.25) is 0 Å². The van der Waals surface area contributed by atoms with Gasteiger partial charge in [0.15, 0.2) is 6.10 Å². The number of rotatable bonds is 4. The second kappa shape index (κ2) is 5.71. The van der Waals surface area contributed by atoms with Gasteiger partial charge in [-0.25, -0.2) is 8.42 Å². The van der Waals surface area contributed by atoms with E-state index in [2.05, 4.69) is 15.9 Å². The first-order valence-corrected chi connectivity index (χ1v) is 7.79.